The predicted molar refractivity (Wildman–Crippen MR) is 121 cm³/mol. The molecule has 166 valence electrons. The van der Waals surface area contributed by atoms with Gasteiger partial charge in [0.1, 0.15) is 0 Å². The lowest BCUT2D eigenvalue weighted by Gasteiger charge is -2.37. The van der Waals surface area contributed by atoms with Crippen LogP contribution in [0.2, 0.25) is 5.02 Å². The summed E-state index contributed by atoms with van der Waals surface area (Å²) in [6.07, 6.45) is 3.73. The molecule has 2 aliphatic heterocycles. The molecule has 1 aromatic carbocycles. The van der Waals surface area contributed by atoms with E-state index in [0.29, 0.717) is 19.1 Å². The first-order valence-electron chi connectivity index (χ1n) is 10.9. The van der Waals surface area contributed by atoms with Crippen LogP contribution in [0.5, 0.6) is 0 Å². The number of carbonyl (C=O) groups excluding carboxylic acids is 1. The van der Waals surface area contributed by atoms with Crippen LogP contribution >= 0.6 is 11.6 Å². The number of benzene rings is 1. The third-order valence-corrected chi connectivity index (χ3v) is 6.42. The number of nitrogens with one attached hydrogen (secondary N) is 2. The van der Waals surface area contributed by atoms with Gasteiger partial charge in [0.2, 0.25) is 5.91 Å². The molecule has 0 radical (unpaired) electrons. The van der Waals surface area contributed by atoms with E-state index in [0.717, 1.165) is 75.1 Å². The molecule has 4 N–H and O–H groups in total. The number of hydrogen-bond acceptors (Lipinski definition) is 4. The van der Waals surface area contributed by atoms with Crippen molar-refractivity contribution in [3.63, 3.8) is 0 Å². The van der Waals surface area contributed by atoms with Crippen molar-refractivity contribution in [2.45, 2.75) is 44.1 Å². The first kappa shape index (κ1) is 22.8. The van der Waals surface area contributed by atoms with Crippen molar-refractivity contribution in [2.75, 3.05) is 45.9 Å². The lowest BCUT2D eigenvalue weighted by molar-refractivity contribution is -0.119. The van der Waals surface area contributed by atoms with Crippen LogP contribution in [0.25, 0.3) is 0 Å². The Morgan fingerprint density at radius 1 is 1.30 bits per heavy atom. The number of ether oxygens (including phenoxy) is 1. The Labute approximate surface area is 184 Å². The van der Waals surface area contributed by atoms with E-state index in [1.807, 2.05) is 18.2 Å². The van der Waals surface area contributed by atoms with E-state index in [1.165, 1.54) is 0 Å². The molecule has 2 heterocycles. The minimum absolute atomic E-state index is 0.107. The smallest absolute Gasteiger partial charge is 0.231 e. The molecule has 0 aliphatic carbocycles. The zero-order valence-electron chi connectivity index (χ0n) is 17.8. The van der Waals surface area contributed by atoms with Gasteiger partial charge < -0.3 is 21.1 Å². The molecule has 30 heavy (non-hydrogen) atoms. The van der Waals surface area contributed by atoms with E-state index in [2.05, 4.69) is 28.5 Å². The van der Waals surface area contributed by atoms with Gasteiger partial charge in [-0.3, -0.25) is 14.7 Å². The molecule has 1 aromatic rings. The minimum atomic E-state index is -0.266. The third-order valence-electron chi connectivity index (χ3n) is 6.09. The van der Waals surface area contributed by atoms with Crippen LogP contribution in [0.15, 0.2) is 29.3 Å². The summed E-state index contributed by atoms with van der Waals surface area (Å²) in [4.78, 5) is 18.2. The van der Waals surface area contributed by atoms with Crippen LogP contribution in [0.1, 0.15) is 38.2 Å². The standard InChI is InChI=1S/C22H34ClN5O2/c1-2-25-21(27-17-7-11-28(12-8-17)15-20(24)29)26-16-22(9-13-30-14-10-22)18-5-3-4-6-19(18)23/h3-6,17H,2,7-16H2,1H3,(H2,24,29)(H2,25,26,27). The monoisotopic (exact) mass is 435 g/mol. The van der Waals surface area contributed by atoms with Crippen LogP contribution in [-0.4, -0.2) is 68.7 Å². The molecule has 8 heteroatoms. The van der Waals surface area contributed by atoms with Gasteiger partial charge in [0, 0.05) is 49.3 Å². The fourth-order valence-corrected chi connectivity index (χ4v) is 4.70. The topological polar surface area (TPSA) is 92.0 Å². The number of piperidine rings is 1. The maximum Gasteiger partial charge on any atom is 0.231 e. The lowest BCUT2D eigenvalue weighted by Crippen LogP contribution is -2.50. The summed E-state index contributed by atoms with van der Waals surface area (Å²) >= 11 is 6.57. The summed E-state index contributed by atoms with van der Waals surface area (Å²) in [5, 5.41) is 7.77. The fraction of sp³-hybridized carbons (Fsp3) is 0.636. The quantitative estimate of drug-likeness (QED) is 0.449. The summed E-state index contributed by atoms with van der Waals surface area (Å²) in [5.41, 5.74) is 6.37. The Bertz CT molecular complexity index is 728. The number of nitrogens with zero attached hydrogens (tertiary/aromatic N) is 2. The van der Waals surface area contributed by atoms with Gasteiger partial charge in [0.05, 0.1) is 13.1 Å². The lowest BCUT2D eigenvalue weighted by atomic mass is 9.74. The SMILES string of the molecule is CCNC(=NCC1(c2ccccc2Cl)CCOCC1)NC1CCN(CC(N)=O)CC1. The Morgan fingerprint density at radius 2 is 2.00 bits per heavy atom. The molecule has 0 bridgehead atoms. The largest absolute Gasteiger partial charge is 0.381 e. The number of rotatable bonds is 7. The van der Waals surface area contributed by atoms with Crippen LogP contribution < -0.4 is 16.4 Å². The molecule has 0 atom stereocenters. The number of carbonyl (C=O) groups is 1. The highest BCUT2D eigenvalue weighted by Gasteiger charge is 2.36. The second-order valence-electron chi connectivity index (χ2n) is 8.23. The first-order valence-corrected chi connectivity index (χ1v) is 11.3. The summed E-state index contributed by atoms with van der Waals surface area (Å²) in [7, 11) is 0. The van der Waals surface area contributed by atoms with E-state index in [4.69, 9.17) is 27.1 Å². The molecule has 0 unspecified atom stereocenters. The van der Waals surface area contributed by atoms with E-state index in [9.17, 15) is 4.79 Å². The van der Waals surface area contributed by atoms with Crippen molar-refractivity contribution >= 4 is 23.5 Å². The molecule has 7 nitrogen and oxygen atoms in total. The maximum absolute atomic E-state index is 11.1. The van der Waals surface area contributed by atoms with Crippen LogP contribution in [0, 0.1) is 0 Å². The summed E-state index contributed by atoms with van der Waals surface area (Å²) in [5.74, 6) is 0.571. The van der Waals surface area contributed by atoms with Crippen LogP contribution in [0.3, 0.4) is 0 Å². The molecule has 2 fully saturated rings. The molecule has 2 saturated heterocycles. The molecule has 3 rings (SSSR count). The predicted octanol–water partition coefficient (Wildman–Crippen LogP) is 1.89. The second kappa shape index (κ2) is 11.0. The average Bonchev–Trinajstić information content (AvgIpc) is 2.74. The number of nitrogens with two attached hydrogens (primary N) is 1. The van der Waals surface area contributed by atoms with E-state index in [1.54, 1.807) is 0 Å². The van der Waals surface area contributed by atoms with Gasteiger partial charge in [0.15, 0.2) is 5.96 Å². The Balaban J connectivity index is 1.68. The van der Waals surface area contributed by atoms with Gasteiger partial charge in [-0.2, -0.15) is 0 Å². The number of primary amides is 1. The normalized spacial score (nSPS) is 20.7. The van der Waals surface area contributed by atoms with Gasteiger partial charge in [-0.25, -0.2) is 0 Å². The van der Waals surface area contributed by atoms with Crippen molar-refractivity contribution in [1.29, 1.82) is 0 Å². The van der Waals surface area contributed by atoms with Crippen molar-refractivity contribution in [2.24, 2.45) is 10.7 Å². The van der Waals surface area contributed by atoms with Gasteiger partial charge in [0.25, 0.3) is 0 Å². The second-order valence-corrected chi connectivity index (χ2v) is 8.64. The summed E-state index contributed by atoms with van der Waals surface area (Å²) < 4.78 is 5.64. The number of amides is 1. The number of likely N-dealkylation sites (tertiary alicyclic amines) is 1. The Kier molecular flexibility index (Phi) is 8.36. The highest BCUT2D eigenvalue weighted by Crippen LogP contribution is 2.38. The number of hydrogen-bond donors (Lipinski definition) is 3. The first-order chi connectivity index (χ1) is 14.5. The molecule has 1 amide bonds. The Morgan fingerprint density at radius 3 is 2.63 bits per heavy atom. The van der Waals surface area contributed by atoms with Crippen molar-refractivity contribution in [1.82, 2.24) is 15.5 Å². The van der Waals surface area contributed by atoms with Crippen LogP contribution in [-0.2, 0) is 14.9 Å². The van der Waals surface area contributed by atoms with Crippen molar-refractivity contribution in [3.8, 4) is 0 Å². The summed E-state index contributed by atoms with van der Waals surface area (Å²) in [6, 6.07) is 8.43. The molecule has 0 saturated carbocycles. The van der Waals surface area contributed by atoms with E-state index < -0.39 is 0 Å². The molecule has 0 spiro atoms. The Hall–Kier alpha value is -1.83. The number of halogens is 1. The van der Waals surface area contributed by atoms with Crippen molar-refractivity contribution in [3.05, 3.63) is 34.9 Å². The maximum atomic E-state index is 11.1. The fourth-order valence-electron chi connectivity index (χ4n) is 4.37. The molecular formula is C22H34ClN5O2. The third kappa shape index (κ3) is 6.09. The van der Waals surface area contributed by atoms with Gasteiger partial charge in [-0.15, -0.1) is 0 Å². The minimum Gasteiger partial charge on any atom is -0.381 e. The van der Waals surface area contributed by atoms with Crippen molar-refractivity contribution < 1.29 is 9.53 Å². The molecular weight excluding hydrogens is 402 g/mol. The summed E-state index contributed by atoms with van der Waals surface area (Å²) in [6.45, 7) is 7.05. The average molecular weight is 436 g/mol. The number of aliphatic imine (C=N–C) groups is 1. The van der Waals surface area contributed by atoms with E-state index in [-0.39, 0.29) is 11.3 Å². The zero-order valence-corrected chi connectivity index (χ0v) is 18.6. The van der Waals surface area contributed by atoms with Crippen LogP contribution in [0.4, 0.5) is 0 Å². The van der Waals surface area contributed by atoms with E-state index >= 15 is 0 Å². The zero-order chi connectivity index (χ0) is 21.4. The number of guanidine groups is 1. The molecule has 2 aliphatic rings. The van der Waals surface area contributed by atoms with Gasteiger partial charge in [-0.05, 0) is 44.2 Å². The highest BCUT2D eigenvalue weighted by atomic mass is 35.5. The van der Waals surface area contributed by atoms with Gasteiger partial charge >= 0.3 is 0 Å². The molecule has 0 aromatic heterocycles. The highest BCUT2D eigenvalue weighted by molar-refractivity contribution is 6.31. The van der Waals surface area contributed by atoms with Gasteiger partial charge in [-0.1, -0.05) is 29.8 Å².